The van der Waals surface area contributed by atoms with Crippen LogP contribution >= 0.6 is 11.3 Å². The minimum absolute atomic E-state index is 0.151. The van der Waals surface area contributed by atoms with Crippen LogP contribution in [0.25, 0.3) is 11.3 Å². The van der Waals surface area contributed by atoms with Crippen LogP contribution in [0.5, 0.6) is 23.0 Å². The molecule has 0 spiro atoms. The number of carbonyl (C=O) groups is 1. The fraction of sp³-hybridized carbons (Fsp3) is 0.200. The van der Waals surface area contributed by atoms with E-state index in [9.17, 15) is 4.79 Å². The zero-order valence-electron chi connectivity index (χ0n) is 15.4. The second-order valence-corrected chi connectivity index (χ2v) is 6.87. The van der Waals surface area contributed by atoms with Crippen LogP contribution < -0.4 is 24.3 Å². The number of thiazole rings is 1. The molecule has 8 heteroatoms. The van der Waals surface area contributed by atoms with E-state index in [-0.39, 0.29) is 19.1 Å². The Hall–Kier alpha value is -3.26. The van der Waals surface area contributed by atoms with Gasteiger partial charge in [-0.25, -0.2) is 4.98 Å². The molecule has 0 bridgehead atoms. The summed E-state index contributed by atoms with van der Waals surface area (Å²) in [5.41, 5.74) is 2.40. The molecule has 0 aliphatic carbocycles. The summed E-state index contributed by atoms with van der Waals surface area (Å²) in [5, 5.41) is 5.24. The van der Waals surface area contributed by atoms with E-state index in [2.05, 4.69) is 10.3 Å². The molecule has 2 aromatic carbocycles. The average Bonchev–Trinajstić information content (AvgIpc) is 3.36. The van der Waals surface area contributed by atoms with Gasteiger partial charge in [-0.05, 0) is 29.8 Å². The number of carbonyl (C=O) groups excluding carboxylic acids is 1. The molecule has 144 valence electrons. The number of aromatic nitrogens is 1. The maximum atomic E-state index is 12.4. The quantitative estimate of drug-likeness (QED) is 0.682. The van der Waals surface area contributed by atoms with Crippen LogP contribution in [0.2, 0.25) is 0 Å². The number of benzene rings is 2. The molecule has 1 N–H and O–H groups in total. The van der Waals surface area contributed by atoms with Crippen molar-refractivity contribution in [3.8, 4) is 34.3 Å². The summed E-state index contributed by atoms with van der Waals surface area (Å²) in [5.74, 6) is 2.56. The van der Waals surface area contributed by atoms with Gasteiger partial charge in [-0.15, -0.1) is 11.3 Å². The van der Waals surface area contributed by atoms with E-state index in [0.717, 1.165) is 16.8 Å². The Labute approximate surface area is 165 Å². The highest BCUT2D eigenvalue weighted by molar-refractivity contribution is 7.14. The summed E-state index contributed by atoms with van der Waals surface area (Å²) >= 11 is 1.36. The van der Waals surface area contributed by atoms with Gasteiger partial charge in [-0.3, -0.25) is 4.79 Å². The lowest BCUT2D eigenvalue weighted by Crippen LogP contribution is -2.14. The molecule has 0 atom stereocenters. The molecule has 4 rings (SSSR count). The summed E-state index contributed by atoms with van der Waals surface area (Å²) < 4.78 is 21.3. The second-order valence-electron chi connectivity index (χ2n) is 6.02. The molecule has 1 aliphatic heterocycles. The first-order valence-corrected chi connectivity index (χ1v) is 9.40. The van der Waals surface area contributed by atoms with Gasteiger partial charge in [0.2, 0.25) is 12.7 Å². The molecule has 0 saturated heterocycles. The zero-order valence-corrected chi connectivity index (χ0v) is 16.2. The van der Waals surface area contributed by atoms with Crippen LogP contribution in [0, 0.1) is 0 Å². The first-order valence-electron chi connectivity index (χ1n) is 8.52. The third-order valence-electron chi connectivity index (χ3n) is 4.24. The van der Waals surface area contributed by atoms with Gasteiger partial charge in [0.1, 0.15) is 11.5 Å². The Morgan fingerprint density at radius 3 is 2.82 bits per heavy atom. The molecule has 0 radical (unpaired) electrons. The molecule has 28 heavy (non-hydrogen) atoms. The van der Waals surface area contributed by atoms with E-state index in [0.29, 0.717) is 28.1 Å². The Balaban J connectivity index is 1.45. The van der Waals surface area contributed by atoms with Crippen LogP contribution in [-0.4, -0.2) is 31.9 Å². The summed E-state index contributed by atoms with van der Waals surface area (Å²) in [6, 6.07) is 11.0. The predicted octanol–water partition coefficient (Wildman–Crippen LogP) is 3.74. The normalized spacial score (nSPS) is 11.9. The van der Waals surface area contributed by atoms with Crippen molar-refractivity contribution in [2.24, 2.45) is 0 Å². The van der Waals surface area contributed by atoms with Crippen LogP contribution in [0.15, 0.2) is 41.8 Å². The van der Waals surface area contributed by atoms with Crippen LogP contribution in [0.3, 0.4) is 0 Å². The Kier molecular flexibility index (Phi) is 5.03. The smallest absolute Gasteiger partial charge is 0.231 e. The predicted molar refractivity (Wildman–Crippen MR) is 106 cm³/mol. The van der Waals surface area contributed by atoms with E-state index in [1.165, 1.54) is 11.3 Å². The van der Waals surface area contributed by atoms with Gasteiger partial charge in [0.05, 0.1) is 26.3 Å². The van der Waals surface area contributed by atoms with Gasteiger partial charge >= 0.3 is 0 Å². The van der Waals surface area contributed by atoms with E-state index in [1.54, 1.807) is 20.3 Å². The Morgan fingerprint density at radius 2 is 2.00 bits per heavy atom. The number of ether oxygens (including phenoxy) is 4. The van der Waals surface area contributed by atoms with Gasteiger partial charge in [0.25, 0.3) is 0 Å². The Bertz CT molecular complexity index is 1020. The van der Waals surface area contributed by atoms with Crippen molar-refractivity contribution in [3.63, 3.8) is 0 Å². The largest absolute Gasteiger partial charge is 0.497 e. The highest BCUT2D eigenvalue weighted by Gasteiger charge is 2.16. The van der Waals surface area contributed by atoms with Gasteiger partial charge in [-0.1, -0.05) is 6.07 Å². The number of anilines is 1. The van der Waals surface area contributed by atoms with E-state index in [1.807, 2.05) is 35.7 Å². The summed E-state index contributed by atoms with van der Waals surface area (Å²) in [7, 11) is 3.20. The number of fused-ring (bicyclic) bond motifs is 1. The van der Waals surface area contributed by atoms with Crippen LogP contribution in [-0.2, 0) is 11.2 Å². The molecular weight excluding hydrogens is 380 g/mol. The lowest BCUT2D eigenvalue weighted by atomic mass is 10.1. The lowest BCUT2D eigenvalue weighted by Gasteiger charge is -2.08. The zero-order chi connectivity index (χ0) is 19.5. The van der Waals surface area contributed by atoms with E-state index >= 15 is 0 Å². The number of amides is 1. The first kappa shape index (κ1) is 18.1. The van der Waals surface area contributed by atoms with Crippen molar-refractivity contribution >= 4 is 22.4 Å². The highest BCUT2D eigenvalue weighted by atomic mass is 32.1. The molecule has 0 unspecified atom stereocenters. The highest BCUT2D eigenvalue weighted by Crippen LogP contribution is 2.35. The van der Waals surface area contributed by atoms with Gasteiger partial charge in [0, 0.05) is 17.0 Å². The van der Waals surface area contributed by atoms with E-state index < -0.39 is 0 Å². The SMILES string of the molecule is COc1ccc(-c2csc(NC(=O)Cc3ccc4c(c3)OCO4)n2)c(OC)c1. The molecule has 1 aromatic heterocycles. The van der Waals surface area contributed by atoms with E-state index in [4.69, 9.17) is 18.9 Å². The molecule has 0 fully saturated rings. The van der Waals surface area contributed by atoms with Crippen molar-refractivity contribution in [3.05, 3.63) is 47.3 Å². The molecule has 7 nitrogen and oxygen atoms in total. The van der Waals surface area contributed by atoms with Crippen molar-refractivity contribution in [1.82, 2.24) is 4.98 Å². The molecular formula is C20H18N2O5S. The van der Waals surface area contributed by atoms with Crippen molar-refractivity contribution in [1.29, 1.82) is 0 Å². The Morgan fingerprint density at radius 1 is 1.14 bits per heavy atom. The number of nitrogens with one attached hydrogen (secondary N) is 1. The third kappa shape index (κ3) is 3.72. The fourth-order valence-corrected chi connectivity index (χ4v) is 3.59. The first-order chi connectivity index (χ1) is 13.7. The molecule has 2 heterocycles. The molecule has 1 amide bonds. The monoisotopic (exact) mass is 398 g/mol. The van der Waals surface area contributed by atoms with Crippen molar-refractivity contribution in [2.45, 2.75) is 6.42 Å². The molecule has 0 saturated carbocycles. The minimum Gasteiger partial charge on any atom is -0.497 e. The number of methoxy groups -OCH3 is 2. The number of hydrogen-bond donors (Lipinski definition) is 1. The van der Waals surface area contributed by atoms with Gasteiger partial charge in [0.15, 0.2) is 16.6 Å². The standard InChI is InChI=1S/C20H18N2O5S/c1-24-13-4-5-14(17(9-13)25-2)15-10-28-20(21-15)22-19(23)8-12-3-6-16-18(7-12)27-11-26-16/h3-7,9-10H,8,11H2,1-2H3,(H,21,22,23). The third-order valence-corrected chi connectivity index (χ3v) is 4.99. The number of hydrogen-bond acceptors (Lipinski definition) is 7. The summed E-state index contributed by atoms with van der Waals surface area (Å²) in [4.78, 5) is 16.9. The topological polar surface area (TPSA) is 78.9 Å². The maximum Gasteiger partial charge on any atom is 0.231 e. The van der Waals surface area contributed by atoms with Crippen molar-refractivity contribution < 1.29 is 23.7 Å². The fourth-order valence-electron chi connectivity index (χ4n) is 2.86. The average molecular weight is 398 g/mol. The maximum absolute atomic E-state index is 12.4. The summed E-state index contributed by atoms with van der Waals surface area (Å²) in [6.07, 6.45) is 0.220. The van der Waals surface area contributed by atoms with Gasteiger partial charge < -0.3 is 24.3 Å². The molecule has 1 aliphatic rings. The molecule has 3 aromatic rings. The van der Waals surface area contributed by atoms with Crippen LogP contribution in [0.1, 0.15) is 5.56 Å². The second kappa shape index (κ2) is 7.77. The van der Waals surface area contributed by atoms with Crippen molar-refractivity contribution in [2.75, 3.05) is 26.3 Å². The minimum atomic E-state index is -0.151. The number of rotatable bonds is 6. The summed E-state index contributed by atoms with van der Waals surface area (Å²) in [6.45, 7) is 0.210. The van der Waals surface area contributed by atoms with Crippen LogP contribution in [0.4, 0.5) is 5.13 Å². The van der Waals surface area contributed by atoms with Gasteiger partial charge in [-0.2, -0.15) is 0 Å². The lowest BCUT2D eigenvalue weighted by molar-refractivity contribution is -0.115. The number of nitrogens with zero attached hydrogens (tertiary/aromatic N) is 1.